The van der Waals surface area contributed by atoms with Crippen LogP contribution < -0.4 is 16.8 Å². The normalized spacial score (nSPS) is 14.2. The largest absolute Gasteiger partial charge is 0.401 e. The Morgan fingerprint density at radius 3 is 2.40 bits per heavy atom. The lowest BCUT2D eigenvalue weighted by atomic mass is 9.89. The zero-order valence-corrected chi connectivity index (χ0v) is 19.9. The summed E-state index contributed by atoms with van der Waals surface area (Å²) in [5.41, 5.74) is 10.6. The van der Waals surface area contributed by atoms with Gasteiger partial charge in [-0.1, -0.05) is 18.1 Å². The Kier molecular flexibility index (Phi) is 6.84. The van der Waals surface area contributed by atoms with Crippen LogP contribution in [0.15, 0.2) is 28.9 Å². The highest BCUT2D eigenvalue weighted by Crippen LogP contribution is 2.41. The maximum Gasteiger partial charge on any atom is 0.401 e. The summed E-state index contributed by atoms with van der Waals surface area (Å²) in [7, 11) is 0. The number of nitrogens with one attached hydrogen (secondary N) is 1. The molecule has 190 valence electrons. The summed E-state index contributed by atoms with van der Waals surface area (Å²) in [5.74, 6) is -1.56. The Bertz CT molecular complexity index is 1200. The second-order valence-electron chi connectivity index (χ2n) is 9.07. The van der Waals surface area contributed by atoms with Gasteiger partial charge in [0.1, 0.15) is 28.7 Å². The number of anilines is 2. The van der Waals surface area contributed by atoms with E-state index in [1.54, 1.807) is 19.1 Å². The first-order valence-corrected chi connectivity index (χ1v) is 10.8. The first-order valence-electron chi connectivity index (χ1n) is 10.8. The zero-order chi connectivity index (χ0) is 26.3. The number of amides is 1. The van der Waals surface area contributed by atoms with Crippen LogP contribution in [0.2, 0.25) is 0 Å². The molecule has 0 aliphatic rings. The van der Waals surface area contributed by atoms with Gasteiger partial charge >= 0.3 is 6.18 Å². The van der Waals surface area contributed by atoms with Gasteiger partial charge in [0.15, 0.2) is 11.6 Å². The minimum Gasteiger partial charge on any atom is -0.383 e. The van der Waals surface area contributed by atoms with Gasteiger partial charge < -0.3 is 26.4 Å². The Balaban J connectivity index is 1.79. The fourth-order valence-corrected chi connectivity index (χ4v) is 3.31. The van der Waals surface area contributed by atoms with Crippen molar-refractivity contribution in [2.75, 3.05) is 11.1 Å². The molecule has 3 heterocycles. The maximum absolute atomic E-state index is 13.2. The van der Waals surface area contributed by atoms with E-state index in [4.69, 9.17) is 16.0 Å². The van der Waals surface area contributed by atoms with Crippen molar-refractivity contribution in [3.05, 3.63) is 41.3 Å². The molecule has 3 aromatic heterocycles. The molecule has 0 saturated heterocycles. The number of carbonyl (C=O) groups excluding carboxylic acids is 1. The van der Waals surface area contributed by atoms with Crippen LogP contribution in [-0.4, -0.2) is 43.3 Å². The standard InChI is InChI=1S/C22H28F3N7O3/c1-10(2)32-18(26)16(19(27)33)17(30-32)13-7-6-12(9-28-13)11(3)20(34)29-15-8-14(35-31-15)21(4,5)22(23,24)25/h6-11,20,34H,26H2,1-5H3,(H2,27,33)(H,29,31). The number of nitrogens with zero attached hydrogens (tertiary/aromatic N) is 4. The second kappa shape index (κ2) is 9.21. The minimum atomic E-state index is -4.53. The molecule has 2 unspecified atom stereocenters. The van der Waals surface area contributed by atoms with Gasteiger partial charge in [0.05, 0.1) is 5.69 Å². The van der Waals surface area contributed by atoms with E-state index in [0.717, 1.165) is 19.9 Å². The van der Waals surface area contributed by atoms with Gasteiger partial charge in [-0.25, -0.2) is 4.68 Å². The van der Waals surface area contributed by atoms with Crippen molar-refractivity contribution in [2.24, 2.45) is 5.73 Å². The van der Waals surface area contributed by atoms with E-state index in [2.05, 4.69) is 20.6 Å². The average molecular weight is 496 g/mol. The number of carbonyl (C=O) groups is 1. The number of hydrogen-bond donors (Lipinski definition) is 4. The third-order valence-corrected chi connectivity index (χ3v) is 5.84. The van der Waals surface area contributed by atoms with Gasteiger partial charge in [-0.15, -0.1) is 0 Å². The van der Waals surface area contributed by atoms with Gasteiger partial charge in [0, 0.05) is 24.2 Å². The first kappa shape index (κ1) is 26.0. The molecule has 6 N–H and O–H groups in total. The SMILES string of the molecule is CC(c1ccc(-c2nn(C(C)C)c(N)c2C(N)=O)nc1)C(O)Nc1cc(C(C)(C)C(F)(F)F)on1. The van der Waals surface area contributed by atoms with E-state index in [9.17, 15) is 23.1 Å². The number of nitrogens with two attached hydrogens (primary N) is 2. The summed E-state index contributed by atoms with van der Waals surface area (Å²) in [6.07, 6.45) is -4.26. The molecule has 0 radical (unpaired) electrons. The Hall–Kier alpha value is -3.61. The monoisotopic (exact) mass is 495 g/mol. The van der Waals surface area contributed by atoms with Crippen LogP contribution in [0, 0.1) is 0 Å². The summed E-state index contributed by atoms with van der Waals surface area (Å²) in [6.45, 7) is 7.35. The number of alkyl halides is 3. The first-order chi connectivity index (χ1) is 16.1. The molecule has 0 bridgehead atoms. The van der Waals surface area contributed by atoms with Crippen LogP contribution in [0.25, 0.3) is 11.4 Å². The van der Waals surface area contributed by atoms with Crippen molar-refractivity contribution in [2.45, 2.75) is 64.4 Å². The van der Waals surface area contributed by atoms with Gasteiger partial charge in [0.2, 0.25) is 0 Å². The summed E-state index contributed by atoms with van der Waals surface area (Å²) in [6, 6.07) is 4.28. The highest BCUT2D eigenvalue weighted by molar-refractivity contribution is 6.02. The van der Waals surface area contributed by atoms with Crippen molar-refractivity contribution >= 4 is 17.5 Å². The molecule has 0 spiro atoms. The molecule has 3 aromatic rings. The number of nitrogen functional groups attached to an aromatic ring is 1. The third-order valence-electron chi connectivity index (χ3n) is 5.84. The fourth-order valence-electron chi connectivity index (χ4n) is 3.31. The molecule has 13 heteroatoms. The molecule has 3 rings (SSSR count). The predicted octanol–water partition coefficient (Wildman–Crippen LogP) is 3.57. The van der Waals surface area contributed by atoms with Crippen molar-refractivity contribution in [3.8, 4) is 11.4 Å². The summed E-state index contributed by atoms with van der Waals surface area (Å²) >= 11 is 0. The molecule has 1 amide bonds. The van der Waals surface area contributed by atoms with Crippen molar-refractivity contribution < 1.29 is 27.6 Å². The zero-order valence-electron chi connectivity index (χ0n) is 19.9. The Labute approximate surface area is 199 Å². The number of primary amides is 1. The van der Waals surface area contributed by atoms with Gasteiger partial charge in [-0.3, -0.25) is 9.78 Å². The predicted molar refractivity (Wildman–Crippen MR) is 122 cm³/mol. The van der Waals surface area contributed by atoms with E-state index in [0.29, 0.717) is 11.3 Å². The van der Waals surface area contributed by atoms with Crippen LogP contribution in [-0.2, 0) is 5.41 Å². The Morgan fingerprint density at radius 2 is 1.89 bits per heavy atom. The highest BCUT2D eigenvalue weighted by atomic mass is 19.4. The molecule has 0 aliphatic heterocycles. The number of rotatable bonds is 8. The Morgan fingerprint density at radius 1 is 1.23 bits per heavy atom. The van der Waals surface area contributed by atoms with Crippen LogP contribution in [0.5, 0.6) is 0 Å². The van der Waals surface area contributed by atoms with Crippen molar-refractivity contribution in [1.29, 1.82) is 0 Å². The van der Waals surface area contributed by atoms with Gasteiger partial charge in [0.25, 0.3) is 5.91 Å². The van der Waals surface area contributed by atoms with Crippen LogP contribution in [0.4, 0.5) is 24.8 Å². The minimum absolute atomic E-state index is 0.0398. The second-order valence-corrected chi connectivity index (χ2v) is 9.07. The summed E-state index contributed by atoms with van der Waals surface area (Å²) in [4.78, 5) is 16.3. The third kappa shape index (κ3) is 4.94. The van der Waals surface area contributed by atoms with E-state index in [-0.39, 0.29) is 34.7 Å². The maximum atomic E-state index is 13.2. The lowest BCUT2D eigenvalue weighted by Gasteiger charge is -2.24. The molecule has 0 saturated carbocycles. The molecule has 2 atom stereocenters. The smallest absolute Gasteiger partial charge is 0.383 e. The van der Waals surface area contributed by atoms with E-state index in [1.165, 1.54) is 10.9 Å². The van der Waals surface area contributed by atoms with Crippen molar-refractivity contribution in [3.63, 3.8) is 0 Å². The number of aliphatic hydroxyl groups is 1. The topological polar surface area (TPSA) is 158 Å². The number of pyridine rings is 1. The van der Waals surface area contributed by atoms with E-state index < -0.39 is 29.6 Å². The molecular formula is C22H28F3N7O3. The molecule has 0 fully saturated rings. The molecule has 0 aromatic carbocycles. The lowest BCUT2D eigenvalue weighted by Crippen LogP contribution is -2.35. The number of hydrogen-bond acceptors (Lipinski definition) is 8. The molecule has 10 nitrogen and oxygen atoms in total. The number of aliphatic hydroxyl groups excluding tert-OH is 1. The molecule has 35 heavy (non-hydrogen) atoms. The van der Waals surface area contributed by atoms with Crippen LogP contribution in [0.1, 0.15) is 68.3 Å². The fraction of sp³-hybridized carbons (Fsp3) is 0.455. The van der Waals surface area contributed by atoms with E-state index >= 15 is 0 Å². The van der Waals surface area contributed by atoms with Gasteiger partial charge in [-0.2, -0.15) is 18.3 Å². The molecular weight excluding hydrogens is 467 g/mol. The van der Waals surface area contributed by atoms with Crippen LogP contribution in [0.3, 0.4) is 0 Å². The quantitative estimate of drug-likeness (QED) is 0.345. The van der Waals surface area contributed by atoms with E-state index in [1.807, 2.05) is 13.8 Å². The number of aromatic nitrogens is 4. The number of halogens is 3. The average Bonchev–Trinajstić information content (AvgIpc) is 3.37. The van der Waals surface area contributed by atoms with Gasteiger partial charge in [-0.05, 0) is 39.3 Å². The summed E-state index contributed by atoms with van der Waals surface area (Å²) in [5, 5.41) is 21.2. The summed E-state index contributed by atoms with van der Waals surface area (Å²) < 4.78 is 46.0. The van der Waals surface area contributed by atoms with Crippen molar-refractivity contribution in [1.82, 2.24) is 19.9 Å². The van der Waals surface area contributed by atoms with Crippen LogP contribution >= 0.6 is 0 Å². The highest BCUT2D eigenvalue weighted by Gasteiger charge is 2.51. The molecule has 0 aliphatic carbocycles. The lowest BCUT2D eigenvalue weighted by molar-refractivity contribution is -0.185.